The lowest BCUT2D eigenvalue weighted by Gasteiger charge is -2.07. The highest BCUT2D eigenvalue weighted by atomic mass is 16.5. The zero-order valence-electron chi connectivity index (χ0n) is 11.0. The van der Waals surface area contributed by atoms with Gasteiger partial charge in [0.1, 0.15) is 0 Å². The van der Waals surface area contributed by atoms with Crippen LogP contribution in [0.2, 0.25) is 0 Å². The van der Waals surface area contributed by atoms with Crippen LogP contribution in [-0.2, 0) is 6.54 Å². The number of aryl methyl sites for hydroxylation is 1. The molecule has 0 unspecified atom stereocenters. The summed E-state index contributed by atoms with van der Waals surface area (Å²) in [4.78, 5) is 4.34. The lowest BCUT2D eigenvalue weighted by molar-refractivity contribution is 0.292. The Labute approximate surface area is 104 Å². The van der Waals surface area contributed by atoms with E-state index in [1.165, 1.54) is 25.7 Å². The van der Waals surface area contributed by atoms with Crippen molar-refractivity contribution in [3.8, 4) is 5.88 Å². The molecule has 0 bridgehead atoms. The van der Waals surface area contributed by atoms with Gasteiger partial charge in [0.15, 0.2) is 0 Å². The van der Waals surface area contributed by atoms with Crippen molar-refractivity contribution >= 4 is 0 Å². The van der Waals surface area contributed by atoms with Crippen molar-refractivity contribution in [3.05, 3.63) is 23.4 Å². The molecule has 3 heteroatoms. The molecular formula is C14H24N2O. The summed E-state index contributed by atoms with van der Waals surface area (Å²) in [5, 5.41) is 0. The van der Waals surface area contributed by atoms with E-state index in [9.17, 15) is 0 Å². The Hall–Kier alpha value is -1.09. The first-order chi connectivity index (χ1) is 8.26. The van der Waals surface area contributed by atoms with Gasteiger partial charge in [-0.15, -0.1) is 0 Å². The number of hydrogen-bond donors (Lipinski definition) is 1. The van der Waals surface area contributed by atoms with Crippen molar-refractivity contribution in [2.24, 2.45) is 5.73 Å². The summed E-state index contributed by atoms with van der Waals surface area (Å²) < 4.78 is 5.64. The van der Waals surface area contributed by atoms with Crippen molar-refractivity contribution in [1.29, 1.82) is 0 Å². The topological polar surface area (TPSA) is 48.1 Å². The van der Waals surface area contributed by atoms with E-state index in [2.05, 4.69) is 11.9 Å². The predicted molar refractivity (Wildman–Crippen MR) is 71.1 cm³/mol. The molecule has 2 N–H and O–H groups in total. The van der Waals surface area contributed by atoms with Crippen LogP contribution in [0.3, 0.4) is 0 Å². The van der Waals surface area contributed by atoms with Crippen molar-refractivity contribution in [2.75, 3.05) is 6.61 Å². The van der Waals surface area contributed by atoms with Crippen LogP contribution in [-0.4, -0.2) is 11.6 Å². The number of ether oxygens (including phenoxy) is 1. The number of unbranched alkanes of at least 4 members (excludes halogenated alkanes) is 4. The Morgan fingerprint density at radius 3 is 2.65 bits per heavy atom. The molecule has 1 heterocycles. The zero-order chi connectivity index (χ0) is 12.5. The molecule has 0 amide bonds. The lowest BCUT2D eigenvalue weighted by atomic mass is 10.2. The van der Waals surface area contributed by atoms with Gasteiger partial charge in [-0.05, 0) is 25.0 Å². The van der Waals surface area contributed by atoms with Gasteiger partial charge in [-0.2, -0.15) is 0 Å². The molecular weight excluding hydrogens is 212 g/mol. The molecule has 0 fully saturated rings. The normalized spacial score (nSPS) is 10.5. The smallest absolute Gasteiger partial charge is 0.213 e. The molecule has 0 aromatic carbocycles. The van der Waals surface area contributed by atoms with Gasteiger partial charge >= 0.3 is 0 Å². The van der Waals surface area contributed by atoms with Crippen molar-refractivity contribution in [3.63, 3.8) is 0 Å². The maximum atomic E-state index is 5.64. The first kappa shape index (κ1) is 14.0. The van der Waals surface area contributed by atoms with E-state index in [1.807, 2.05) is 19.1 Å². The fourth-order valence-electron chi connectivity index (χ4n) is 1.78. The molecule has 0 spiro atoms. The summed E-state index contributed by atoms with van der Waals surface area (Å²) in [5.41, 5.74) is 7.66. The van der Waals surface area contributed by atoms with Gasteiger partial charge in [-0.3, -0.25) is 0 Å². The van der Waals surface area contributed by atoms with Gasteiger partial charge in [0.05, 0.1) is 6.61 Å². The van der Waals surface area contributed by atoms with Crippen LogP contribution in [0.25, 0.3) is 0 Å². The van der Waals surface area contributed by atoms with Crippen LogP contribution in [0.4, 0.5) is 0 Å². The molecule has 96 valence electrons. The van der Waals surface area contributed by atoms with Crippen LogP contribution in [0.15, 0.2) is 12.1 Å². The standard InChI is InChI=1S/C14H24N2O/c1-3-4-5-6-7-8-17-14-10-13(11-15)9-12(2)16-14/h9-10H,3-8,11,15H2,1-2H3. The summed E-state index contributed by atoms with van der Waals surface area (Å²) in [7, 11) is 0. The Kier molecular flexibility index (Phi) is 6.63. The Morgan fingerprint density at radius 1 is 1.18 bits per heavy atom. The second-order valence-electron chi connectivity index (χ2n) is 4.42. The molecule has 1 aromatic heterocycles. The third-order valence-corrected chi connectivity index (χ3v) is 2.72. The summed E-state index contributed by atoms with van der Waals surface area (Å²) in [6.45, 7) is 5.48. The quantitative estimate of drug-likeness (QED) is 0.705. The Bertz CT molecular complexity index is 326. The number of aromatic nitrogens is 1. The highest BCUT2D eigenvalue weighted by Crippen LogP contribution is 2.12. The summed E-state index contributed by atoms with van der Waals surface area (Å²) >= 11 is 0. The molecule has 1 rings (SSSR count). The van der Waals surface area contributed by atoms with Gasteiger partial charge in [-0.1, -0.05) is 32.6 Å². The number of rotatable bonds is 8. The van der Waals surface area contributed by atoms with Crippen LogP contribution in [0, 0.1) is 6.92 Å². The SMILES string of the molecule is CCCCCCCOc1cc(CN)cc(C)n1. The van der Waals surface area contributed by atoms with Crippen molar-refractivity contribution < 1.29 is 4.74 Å². The molecule has 0 aliphatic carbocycles. The number of pyridine rings is 1. The molecule has 1 aromatic rings. The molecule has 0 radical (unpaired) electrons. The minimum atomic E-state index is 0.538. The summed E-state index contributed by atoms with van der Waals surface area (Å²) in [6.07, 6.45) is 6.24. The zero-order valence-corrected chi connectivity index (χ0v) is 11.0. The van der Waals surface area contributed by atoms with Gasteiger partial charge in [0.25, 0.3) is 0 Å². The van der Waals surface area contributed by atoms with Gasteiger partial charge in [0.2, 0.25) is 5.88 Å². The minimum absolute atomic E-state index is 0.538. The Morgan fingerprint density at radius 2 is 1.94 bits per heavy atom. The van der Waals surface area contributed by atoms with E-state index < -0.39 is 0 Å². The molecule has 17 heavy (non-hydrogen) atoms. The first-order valence-corrected chi connectivity index (χ1v) is 6.56. The second kappa shape index (κ2) is 8.07. The average molecular weight is 236 g/mol. The highest BCUT2D eigenvalue weighted by molar-refractivity contribution is 5.24. The highest BCUT2D eigenvalue weighted by Gasteiger charge is 2.00. The van der Waals surface area contributed by atoms with E-state index in [-0.39, 0.29) is 0 Å². The fourth-order valence-corrected chi connectivity index (χ4v) is 1.78. The molecule has 3 nitrogen and oxygen atoms in total. The van der Waals surface area contributed by atoms with Crippen LogP contribution in [0.5, 0.6) is 5.88 Å². The number of hydrogen-bond acceptors (Lipinski definition) is 3. The van der Waals surface area contributed by atoms with Gasteiger partial charge in [0, 0.05) is 18.3 Å². The molecule has 0 saturated heterocycles. The third kappa shape index (κ3) is 5.68. The average Bonchev–Trinajstić information content (AvgIpc) is 2.33. The largest absolute Gasteiger partial charge is 0.478 e. The fraction of sp³-hybridized carbons (Fsp3) is 0.643. The predicted octanol–water partition coefficient (Wildman–Crippen LogP) is 3.20. The molecule has 0 saturated carbocycles. The minimum Gasteiger partial charge on any atom is -0.478 e. The van der Waals surface area contributed by atoms with E-state index in [0.717, 1.165) is 24.3 Å². The van der Waals surface area contributed by atoms with Crippen molar-refractivity contribution in [1.82, 2.24) is 4.98 Å². The molecule has 0 aliphatic heterocycles. The maximum absolute atomic E-state index is 5.64. The van der Waals surface area contributed by atoms with Crippen LogP contribution >= 0.6 is 0 Å². The Balaban J connectivity index is 2.28. The summed E-state index contributed by atoms with van der Waals surface area (Å²) in [6, 6.07) is 3.92. The molecule has 0 atom stereocenters. The third-order valence-electron chi connectivity index (χ3n) is 2.72. The van der Waals surface area contributed by atoms with Crippen LogP contribution in [0.1, 0.15) is 50.3 Å². The lowest BCUT2D eigenvalue weighted by Crippen LogP contribution is -2.03. The number of nitrogens with two attached hydrogens (primary N) is 1. The second-order valence-corrected chi connectivity index (χ2v) is 4.42. The van der Waals surface area contributed by atoms with E-state index in [1.54, 1.807) is 0 Å². The van der Waals surface area contributed by atoms with E-state index >= 15 is 0 Å². The van der Waals surface area contributed by atoms with Crippen molar-refractivity contribution in [2.45, 2.75) is 52.5 Å². The molecule has 0 aliphatic rings. The number of nitrogens with zero attached hydrogens (tertiary/aromatic N) is 1. The monoisotopic (exact) mass is 236 g/mol. The first-order valence-electron chi connectivity index (χ1n) is 6.56. The van der Waals surface area contributed by atoms with Gasteiger partial charge < -0.3 is 10.5 Å². The van der Waals surface area contributed by atoms with E-state index in [4.69, 9.17) is 10.5 Å². The maximum Gasteiger partial charge on any atom is 0.213 e. The summed E-state index contributed by atoms with van der Waals surface area (Å²) in [5.74, 6) is 0.709. The van der Waals surface area contributed by atoms with Crippen LogP contribution < -0.4 is 10.5 Å². The van der Waals surface area contributed by atoms with Gasteiger partial charge in [-0.25, -0.2) is 4.98 Å². The van der Waals surface area contributed by atoms with E-state index in [0.29, 0.717) is 12.4 Å².